The van der Waals surface area contributed by atoms with E-state index >= 15 is 0 Å². The number of carbonyl (C=O) groups excluding carboxylic acids is 6. The molecular weight excluding hydrogens is 799 g/mol. The highest BCUT2D eigenvalue weighted by atomic mass is 32.2. The predicted octanol–water partition coefficient (Wildman–Crippen LogP) is 4.26. The Bertz CT molecular complexity index is 2280. The van der Waals surface area contributed by atoms with E-state index in [-0.39, 0.29) is 36.0 Å². The number of aliphatic imine (C=N–C) groups is 1. The molecule has 5 rings (SSSR count). The van der Waals surface area contributed by atoms with Crippen molar-refractivity contribution >= 4 is 59.2 Å². The standard InChI is InChI=1S/C41H45N7O11S/c1-40(2,3)58-31(49)18-29(45-56-8)34(50)44-32-36(52)48-33(38(53)57-21-24-9-11-28(55-7)12-10-24)27(22-60-37(32)48)19-46-15-13-25(14-16-46)26-17-30(35(51)43-23-42)47(20-26)39(54)59-41(4,5)6/h9-17,20,32,37,42H,18-19,21-22H2,1-8H3/p+1. The summed E-state index contributed by atoms with van der Waals surface area (Å²) in [6.07, 6.45) is 3.58. The lowest BCUT2D eigenvalue weighted by atomic mass is 10.0. The normalized spacial score (nSPS) is 16.4. The third kappa shape index (κ3) is 10.9. The molecule has 2 unspecified atom stereocenters. The van der Waals surface area contributed by atoms with Crippen LogP contribution in [0.15, 0.2) is 82.5 Å². The molecule has 2 aliphatic rings. The van der Waals surface area contributed by atoms with Gasteiger partial charge in [0.1, 0.15) is 53.5 Å². The zero-order valence-corrected chi connectivity index (χ0v) is 35.2. The van der Waals surface area contributed by atoms with Crippen molar-refractivity contribution in [1.82, 2.24) is 14.8 Å². The summed E-state index contributed by atoms with van der Waals surface area (Å²) in [4.78, 5) is 88.7. The van der Waals surface area contributed by atoms with Crippen LogP contribution < -0.4 is 14.6 Å². The summed E-state index contributed by atoms with van der Waals surface area (Å²) in [5.74, 6) is -2.80. The minimum Gasteiger partial charge on any atom is -0.497 e. The number of carbonyl (C=O) groups is 6. The SMILES string of the molecule is CON=C(CC(=O)OC(C)(C)C)C(=O)NC1C(=O)N2C(C(=O)OCc3ccc(OC)cc3)=C(C[n+]3ccc(-c4cc(C(=O)N=C=N)n(C(=O)OC(C)(C)C)c4)cc3)CSC12. The number of aromatic nitrogens is 2. The van der Waals surface area contributed by atoms with E-state index in [9.17, 15) is 28.8 Å². The first-order chi connectivity index (χ1) is 28.3. The van der Waals surface area contributed by atoms with Crippen molar-refractivity contribution in [2.45, 2.75) is 83.7 Å². The molecule has 0 saturated carbocycles. The van der Waals surface area contributed by atoms with Gasteiger partial charge in [0.2, 0.25) is 0 Å². The van der Waals surface area contributed by atoms with E-state index in [0.29, 0.717) is 28.0 Å². The molecule has 2 N–H and O–H groups in total. The average Bonchev–Trinajstić information content (AvgIpc) is 3.64. The number of hydrogen-bond acceptors (Lipinski definition) is 14. The van der Waals surface area contributed by atoms with Crippen molar-refractivity contribution < 1.29 is 57.1 Å². The van der Waals surface area contributed by atoms with Crippen LogP contribution in [-0.4, -0.2) is 99.5 Å². The first kappa shape index (κ1) is 44.5. The Hall–Kier alpha value is -6.59. The lowest BCUT2D eigenvalue weighted by molar-refractivity contribution is -0.689. The molecule has 4 heterocycles. The Morgan fingerprint density at radius 1 is 0.967 bits per heavy atom. The largest absolute Gasteiger partial charge is 0.497 e. The number of benzene rings is 1. The molecular formula is C41H46N7O11S+. The molecule has 2 aliphatic heterocycles. The summed E-state index contributed by atoms with van der Waals surface area (Å²) >= 11 is 1.33. The molecule has 0 bridgehead atoms. The molecule has 19 heteroatoms. The van der Waals surface area contributed by atoms with Crippen LogP contribution in [0.25, 0.3) is 11.1 Å². The fraction of sp³-hybridized carbons (Fsp3) is 0.390. The summed E-state index contributed by atoms with van der Waals surface area (Å²) in [5, 5.41) is 12.8. The molecule has 0 spiro atoms. The van der Waals surface area contributed by atoms with E-state index in [1.165, 1.54) is 43.1 Å². The van der Waals surface area contributed by atoms with Crippen LogP contribution in [0, 0.1) is 5.41 Å². The number of thioether (sulfide) groups is 1. The van der Waals surface area contributed by atoms with Gasteiger partial charge in [-0.25, -0.2) is 24.1 Å². The average molecular weight is 845 g/mol. The van der Waals surface area contributed by atoms with Gasteiger partial charge >= 0.3 is 23.9 Å². The molecule has 0 aliphatic carbocycles. The number of β-lactam (4-membered cyclic amide) rings is 1. The van der Waals surface area contributed by atoms with E-state index in [1.54, 1.807) is 101 Å². The fourth-order valence-electron chi connectivity index (χ4n) is 6.07. The van der Waals surface area contributed by atoms with Gasteiger partial charge in [0.15, 0.2) is 24.7 Å². The summed E-state index contributed by atoms with van der Waals surface area (Å²) < 4.78 is 24.5. The number of amides is 3. The van der Waals surface area contributed by atoms with Gasteiger partial charge in [-0.3, -0.25) is 24.1 Å². The second kappa shape index (κ2) is 18.6. The summed E-state index contributed by atoms with van der Waals surface area (Å²) in [7, 11) is 2.76. The van der Waals surface area contributed by atoms with Gasteiger partial charge in [-0.2, -0.15) is 0 Å². The summed E-state index contributed by atoms with van der Waals surface area (Å²) in [6.45, 7) is 10.2. The van der Waals surface area contributed by atoms with E-state index < -0.39 is 64.8 Å². The van der Waals surface area contributed by atoms with Crippen LogP contribution in [0.4, 0.5) is 4.79 Å². The van der Waals surface area contributed by atoms with E-state index in [4.69, 9.17) is 29.2 Å². The van der Waals surface area contributed by atoms with Crippen molar-refractivity contribution in [2.24, 2.45) is 10.1 Å². The van der Waals surface area contributed by atoms with Crippen molar-refractivity contribution in [3.05, 3.63) is 83.6 Å². The fourth-order valence-corrected chi connectivity index (χ4v) is 7.40. The van der Waals surface area contributed by atoms with Crippen LogP contribution >= 0.6 is 11.8 Å². The molecule has 3 aromatic rings. The van der Waals surface area contributed by atoms with Crippen molar-refractivity contribution in [3.8, 4) is 16.9 Å². The van der Waals surface area contributed by atoms with Gasteiger partial charge in [0, 0.05) is 35.2 Å². The third-order valence-corrected chi connectivity index (χ3v) is 9.98. The minimum atomic E-state index is -1.06. The van der Waals surface area contributed by atoms with E-state index in [0.717, 1.165) is 4.57 Å². The molecule has 1 saturated heterocycles. The van der Waals surface area contributed by atoms with Crippen LogP contribution in [-0.2, 0) is 51.4 Å². The molecule has 18 nitrogen and oxygen atoms in total. The second-order valence-electron chi connectivity index (χ2n) is 15.5. The monoisotopic (exact) mass is 844 g/mol. The van der Waals surface area contributed by atoms with Gasteiger partial charge in [0.25, 0.3) is 11.8 Å². The number of nitrogens with one attached hydrogen (secondary N) is 2. The first-order valence-electron chi connectivity index (χ1n) is 18.5. The van der Waals surface area contributed by atoms with Gasteiger partial charge < -0.3 is 29.1 Å². The number of pyridine rings is 1. The maximum Gasteiger partial charge on any atom is 0.419 e. The smallest absolute Gasteiger partial charge is 0.419 e. The molecule has 0 radical (unpaired) electrons. The Balaban J connectivity index is 1.40. The number of hydrogen-bond donors (Lipinski definition) is 2. The van der Waals surface area contributed by atoms with Gasteiger partial charge in [0.05, 0.1) is 19.5 Å². The third-order valence-electron chi connectivity index (χ3n) is 8.64. The molecule has 3 amide bonds. The highest BCUT2D eigenvalue weighted by Gasteiger charge is 2.55. The van der Waals surface area contributed by atoms with Gasteiger partial charge in [-0.15, -0.1) is 16.8 Å². The number of nitrogens with zero attached hydrogens (tertiary/aromatic N) is 5. The summed E-state index contributed by atoms with van der Waals surface area (Å²) in [6, 6.07) is 12.5. The Morgan fingerprint density at radius 2 is 1.63 bits per heavy atom. The first-order valence-corrected chi connectivity index (χ1v) is 19.6. The zero-order chi connectivity index (χ0) is 43.9. The van der Waals surface area contributed by atoms with Gasteiger partial charge in [-0.05, 0) is 70.9 Å². The number of oxime groups is 1. The lowest BCUT2D eigenvalue weighted by Gasteiger charge is -2.49. The molecule has 1 aromatic carbocycles. The minimum absolute atomic E-state index is 0.0308. The maximum atomic E-state index is 13.9. The molecule has 60 heavy (non-hydrogen) atoms. The number of methoxy groups -OCH3 is 1. The molecule has 2 aromatic heterocycles. The summed E-state index contributed by atoms with van der Waals surface area (Å²) in [5.41, 5.74) is 0.310. The number of ether oxygens (including phenoxy) is 4. The van der Waals surface area contributed by atoms with Crippen LogP contribution in [0.2, 0.25) is 0 Å². The van der Waals surface area contributed by atoms with Crippen molar-refractivity contribution in [3.63, 3.8) is 0 Å². The number of fused-ring (bicyclic) bond motifs is 1. The molecule has 2 atom stereocenters. The van der Waals surface area contributed by atoms with Crippen LogP contribution in [0.1, 0.15) is 64.0 Å². The van der Waals surface area contributed by atoms with E-state index in [1.807, 2.05) is 0 Å². The quantitative estimate of drug-likeness (QED) is 0.0616. The maximum absolute atomic E-state index is 13.9. The topological polar surface area (TPSA) is 221 Å². The van der Waals surface area contributed by atoms with Crippen molar-refractivity contribution in [2.75, 3.05) is 20.0 Å². The van der Waals surface area contributed by atoms with E-state index in [2.05, 4.69) is 15.5 Å². The van der Waals surface area contributed by atoms with Gasteiger partial charge in [-0.1, -0.05) is 17.3 Å². The number of rotatable bonds is 13. The second-order valence-corrected chi connectivity index (χ2v) is 16.6. The van der Waals surface area contributed by atoms with Crippen LogP contribution in [0.5, 0.6) is 5.75 Å². The zero-order valence-electron chi connectivity index (χ0n) is 34.4. The molecule has 316 valence electrons. The van der Waals surface area contributed by atoms with Crippen LogP contribution in [0.3, 0.4) is 0 Å². The Morgan fingerprint density at radius 3 is 2.23 bits per heavy atom. The molecule has 1 fully saturated rings. The highest BCUT2D eigenvalue weighted by Crippen LogP contribution is 2.41. The lowest BCUT2D eigenvalue weighted by Crippen LogP contribution is -2.71. The Labute approximate surface area is 350 Å². The highest BCUT2D eigenvalue weighted by molar-refractivity contribution is 8.00. The number of esters is 2. The Kier molecular flexibility index (Phi) is 13.8. The predicted molar refractivity (Wildman–Crippen MR) is 216 cm³/mol. The van der Waals surface area contributed by atoms with Crippen molar-refractivity contribution in [1.29, 1.82) is 5.41 Å².